The van der Waals surface area contributed by atoms with Crippen LogP contribution in [-0.2, 0) is 11.2 Å². The van der Waals surface area contributed by atoms with Crippen LogP contribution in [-0.4, -0.2) is 19.0 Å². The van der Waals surface area contributed by atoms with E-state index in [-0.39, 0.29) is 11.9 Å². The number of hydrogen-bond donors (Lipinski definition) is 1. The lowest BCUT2D eigenvalue weighted by Crippen LogP contribution is -2.37. The molecule has 0 bridgehead atoms. The number of amides is 1. The third-order valence-corrected chi connectivity index (χ3v) is 5.11. The highest BCUT2D eigenvalue weighted by Crippen LogP contribution is 2.36. The van der Waals surface area contributed by atoms with Crippen molar-refractivity contribution in [1.29, 1.82) is 0 Å². The molecule has 0 aliphatic carbocycles. The summed E-state index contributed by atoms with van der Waals surface area (Å²) in [5, 5.41) is 5.22. The van der Waals surface area contributed by atoms with E-state index in [4.69, 9.17) is 0 Å². The lowest BCUT2D eigenvalue weighted by Gasteiger charge is -2.30. The van der Waals surface area contributed by atoms with Gasteiger partial charge in [0.1, 0.15) is 0 Å². The molecule has 1 amide bonds. The van der Waals surface area contributed by atoms with Gasteiger partial charge in [0.2, 0.25) is 5.91 Å². The molecule has 1 N–H and O–H groups in total. The average molecular weight is 314 g/mol. The predicted molar refractivity (Wildman–Crippen MR) is 92.5 cm³/mol. The predicted octanol–water partition coefficient (Wildman–Crippen LogP) is 3.77. The fourth-order valence-corrected chi connectivity index (χ4v) is 3.90. The van der Waals surface area contributed by atoms with Crippen LogP contribution in [0, 0.1) is 0 Å². The fraction of sp³-hybridized carbons (Fsp3) is 0.389. The van der Waals surface area contributed by atoms with Gasteiger partial charge < -0.3 is 10.2 Å². The van der Waals surface area contributed by atoms with Gasteiger partial charge in [-0.3, -0.25) is 4.79 Å². The number of carbonyl (C=O) groups excluding carboxylic acids is 1. The standard InChI is InChI=1S/C18H22N2OS/c1-2-6-18(21)19-13-16(17-9-5-12-22-17)20-11-10-14-7-3-4-8-15(14)20/h3-5,7-9,12,16H,2,6,10-11,13H2,1H3,(H,19,21). The summed E-state index contributed by atoms with van der Waals surface area (Å²) in [7, 11) is 0. The van der Waals surface area contributed by atoms with Crippen LogP contribution >= 0.6 is 11.3 Å². The SMILES string of the molecule is CCCC(=O)NCC(c1cccs1)N1CCc2ccccc21. The van der Waals surface area contributed by atoms with Crippen molar-refractivity contribution in [2.45, 2.75) is 32.2 Å². The number of fused-ring (bicyclic) bond motifs is 1. The van der Waals surface area contributed by atoms with Crippen LogP contribution in [0.2, 0.25) is 0 Å². The van der Waals surface area contributed by atoms with Gasteiger partial charge in [0.15, 0.2) is 0 Å². The highest BCUT2D eigenvalue weighted by molar-refractivity contribution is 7.10. The molecule has 0 saturated carbocycles. The normalized spacial score (nSPS) is 14.7. The van der Waals surface area contributed by atoms with Crippen LogP contribution in [0.15, 0.2) is 41.8 Å². The van der Waals surface area contributed by atoms with Crippen molar-refractivity contribution in [3.05, 3.63) is 52.2 Å². The van der Waals surface area contributed by atoms with Gasteiger partial charge in [0.25, 0.3) is 0 Å². The van der Waals surface area contributed by atoms with E-state index < -0.39 is 0 Å². The van der Waals surface area contributed by atoms with Crippen molar-refractivity contribution < 1.29 is 4.79 Å². The number of para-hydroxylation sites is 1. The van der Waals surface area contributed by atoms with Crippen LogP contribution in [0.25, 0.3) is 0 Å². The minimum Gasteiger partial charge on any atom is -0.361 e. The number of carbonyl (C=O) groups is 1. The summed E-state index contributed by atoms with van der Waals surface area (Å²) < 4.78 is 0. The molecule has 1 aromatic heterocycles. The summed E-state index contributed by atoms with van der Waals surface area (Å²) in [6.07, 6.45) is 2.58. The number of hydrogen-bond acceptors (Lipinski definition) is 3. The van der Waals surface area contributed by atoms with Gasteiger partial charge in [-0.25, -0.2) is 0 Å². The van der Waals surface area contributed by atoms with E-state index in [1.807, 2.05) is 6.92 Å². The highest BCUT2D eigenvalue weighted by atomic mass is 32.1. The van der Waals surface area contributed by atoms with Gasteiger partial charge in [-0.15, -0.1) is 11.3 Å². The van der Waals surface area contributed by atoms with Crippen molar-refractivity contribution >= 4 is 22.9 Å². The Balaban J connectivity index is 1.80. The Labute approximate surface area is 136 Å². The molecule has 1 aromatic carbocycles. The van der Waals surface area contributed by atoms with Crippen LogP contribution < -0.4 is 10.2 Å². The van der Waals surface area contributed by atoms with Gasteiger partial charge in [-0.05, 0) is 35.9 Å². The molecule has 3 nitrogen and oxygen atoms in total. The highest BCUT2D eigenvalue weighted by Gasteiger charge is 2.27. The molecule has 0 radical (unpaired) electrons. The number of nitrogens with zero attached hydrogens (tertiary/aromatic N) is 1. The Morgan fingerprint density at radius 3 is 2.95 bits per heavy atom. The topological polar surface area (TPSA) is 32.3 Å². The molecule has 116 valence electrons. The van der Waals surface area contributed by atoms with Crippen LogP contribution in [0.4, 0.5) is 5.69 Å². The van der Waals surface area contributed by atoms with Crippen molar-refractivity contribution in [2.75, 3.05) is 18.0 Å². The van der Waals surface area contributed by atoms with Gasteiger partial charge in [-0.2, -0.15) is 0 Å². The molecule has 1 unspecified atom stereocenters. The molecule has 1 aliphatic rings. The lowest BCUT2D eigenvalue weighted by atomic mass is 10.1. The first-order valence-electron chi connectivity index (χ1n) is 7.94. The van der Waals surface area contributed by atoms with E-state index in [1.165, 1.54) is 16.1 Å². The Hall–Kier alpha value is -1.81. The van der Waals surface area contributed by atoms with E-state index in [2.05, 4.69) is 52.0 Å². The van der Waals surface area contributed by atoms with Crippen molar-refractivity contribution in [2.24, 2.45) is 0 Å². The van der Waals surface area contributed by atoms with Crippen LogP contribution in [0.1, 0.15) is 36.2 Å². The second-order valence-electron chi connectivity index (χ2n) is 5.66. The summed E-state index contributed by atoms with van der Waals surface area (Å²) in [5.41, 5.74) is 2.72. The maximum absolute atomic E-state index is 11.9. The summed E-state index contributed by atoms with van der Waals surface area (Å²) in [5.74, 6) is 0.150. The molecule has 4 heteroatoms. The van der Waals surface area contributed by atoms with Gasteiger partial charge in [0, 0.05) is 30.1 Å². The number of thiophene rings is 1. The molecular formula is C18H22N2OS. The zero-order valence-electron chi connectivity index (χ0n) is 12.9. The van der Waals surface area contributed by atoms with Crippen molar-refractivity contribution in [3.63, 3.8) is 0 Å². The Kier molecular flexibility index (Phi) is 4.78. The van der Waals surface area contributed by atoms with Crippen LogP contribution in [0.3, 0.4) is 0 Å². The van der Waals surface area contributed by atoms with Gasteiger partial charge in [0.05, 0.1) is 6.04 Å². The van der Waals surface area contributed by atoms with Crippen LogP contribution in [0.5, 0.6) is 0 Å². The first kappa shape index (κ1) is 15.1. The quantitative estimate of drug-likeness (QED) is 0.880. The van der Waals surface area contributed by atoms with Gasteiger partial charge >= 0.3 is 0 Å². The third kappa shape index (κ3) is 3.17. The second-order valence-corrected chi connectivity index (χ2v) is 6.64. The summed E-state index contributed by atoms with van der Waals surface area (Å²) in [6, 6.07) is 13.1. The number of anilines is 1. The molecule has 0 fully saturated rings. The Morgan fingerprint density at radius 2 is 2.18 bits per heavy atom. The maximum atomic E-state index is 11.9. The monoisotopic (exact) mass is 314 g/mol. The van der Waals surface area contributed by atoms with Gasteiger partial charge in [-0.1, -0.05) is 31.2 Å². The molecule has 0 saturated heterocycles. The summed E-state index contributed by atoms with van der Waals surface area (Å²) in [4.78, 5) is 15.6. The zero-order valence-corrected chi connectivity index (χ0v) is 13.7. The molecule has 1 aliphatic heterocycles. The molecule has 0 spiro atoms. The molecule has 2 heterocycles. The smallest absolute Gasteiger partial charge is 0.220 e. The minimum absolute atomic E-state index is 0.150. The minimum atomic E-state index is 0.150. The van der Waals surface area contributed by atoms with E-state index in [0.29, 0.717) is 13.0 Å². The van der Waals surface area contributed by atoms with Crippen molar-refractivity contribution in [1.82, 2.24) is 5.32 Å². The fourth-order valence-electron chi connectivity index (χ4n) is 3.06. The van der Waals surface area contributed by atoms with E-state index >= 15 is 0 Å². The first-order valence-corrected chi connectivity index (χ1v) is 8.82. The number of rotatable bonds is 6. The molecule has 3 rings (SSSR count). The van der Waals surface area contributed by atoms with E-state index in [0.717, 1.165) is 19.4 Å². The zero-order chi connectivity index (χ0) is 15.4. The third-order valence-electron chi connectivity index (χ3n) is 4.14. The summed E-state index contributed by atoms with van der Waals surface area (Å²) >= 11 is 1.76. The summed E-state index contributed by atoms with van der Waals surface area (Å²) in [6.45, 7) is 3.73. The molecule has 2 aromatic rings. The van der Waals surface area contributed by atoms with E-state index in [9.17, 15) is 4.79 Å². The molecular weight excluding hydrogens is 292 g/mol. The molecule has 1 atom stereocenters. The average Bonchev–Trinajstić information content (AvgIpc) is 3.18. The van der Waals surface area contributed by atoms with E-state index in [1.54, 1.807) is 11.3 Å². The lowest BCUT2D eigenvalue weighted by molar-refractivity contribution is -0.121. The number of nitrogens with one attached hydrogen (secondary N) is 1. The van der Waals surface area contributed by atoms with Crippen molar-refractivity contribution in [3.8, 4) is 0 Å². The molecule has 22 heavy (non-hydrogen) atoms. The largest absolute Gasteiger partial charge is 0.361 e. The number of benzene rings is 1. The Bertz CT molecular complexity index is 624. The Morgan fingerprint density at radius 1 is 1.32 bits per heavy atom. The first-order chi connectivity index (χ1) is 10.8. The second kappa shape index (κ2) is 6.97. The maximum Gasteiger partial charge on any atom is 0.220 e.